The van der Waals surface area contributed by atoms with Gasteiger partial charge in [-0.05, 0) is 24.0 Å². The van der Waals surface area contributed by atoms with Crippen LogP contribution in [0.15, 0.2) is 27.6 Å². The van der Waals surface area contributed by atoms with Gasteiger partial charge in [-0.1, -0.05) is 22.9 Å². The van der Waals surface area contributed by atoms with Gasteiger partial charge < -0.3 is 5.11 Å². The lowest BCUT2D eigenvalue weighted by Gasteiger charge is -2.06. The smallest absolute Gasteiger partial charge is 0.336 e. The number of thioether (sulfide) groups is 2. The second-order valence-corrected chi connectivity index (χ2v) is 6.44. The number of aromatic carboxylic acids is 1. The molecule has 1 aromatic rings. The molecule has 0 heterocycles. The molecule has 16 heavy (non-hydrogen) atoms. The maximum atomic E-state index is 11.0. The van der Waals surface area contributed by atoms with Crippen molar-refractivity contribution in [1.82, 2.24) is 0 Å². The quantitative estimate of drug-likeness (QED) is 0.635. The Hall–Kier alpha value is -0.130. The van der Waals surface area contributed by atoms with Gasteiger partial charge in [0.1, 0.15) is 0 Å². The minimum atomic E-state index is -0.863. The first-order chi connectivity index (χ1) is 7.65. The average Bonchev–Trinajstić information content (AvgIpc) is 2.24. The molecular weight excluding hydrogens is 308 g/mol. The van der Waals surface area contributed by atoms with E-state index in [1.165, 1.54) is 0 Å². The van der Waals surface area contributed by atoms with E-state index in [-0.39, 0.29) is 0 Å². The topological polar surface area (TPSA) is 37.3 Å². The van der Waals surface area contributed by atoms with Crippen LogP contribution in [0.3, 0.4) is 0 Å². The first-order valence-corrected chi connectivity index (χ1v) is 7.82. The Bertz CT molecular complexity index is 369. The highest BCUT2D eigenvalue weighted by atomic mass is 79.9. The number of benzene rings is 1. The number of carboxylic acid groups (broad SMARTS) is 1. The number of hydrogen-bond acceptors (Lipinski definition) is 3. The lowest BCUT2D eigenvalue weighted by Crippen LogP contribution is -1.99. The van der Waals surface area contributed by atoms with E-state index in [0.29, 0.717) is 5.56 Å². The summed E-state index contributed by atoms with van der Waals surface area (Å²) in [4.78, 5) is 11.8. The third kappa shape index (κ3) is 4.39. The van der Waals surface area contributed by atoms with Crippen LogP contribution in [0, 0.1) is 0 Å². The van der Waals surface area contributed by atoms with Gasteiger partial charge in [-0.3, -0.25) is 0 Å². The monoisotopic (exact) mass is 320 g/mol. The Morgan fingerprint density at radius 3 is 2.81 bits per heavy atom. The predicted molar refractivity (Wildman–Crippen MR) is 74.8 cm³/mol. The van der Waals surface area contributed by atoms with E-state index in [4.69, 9.17) is 5.11 Å². The Balaban J connectivity index is 2.68. The molecule has 0 unspecified atom stereocenters. The van der Waals surface area contributed by atoms with Crippen molar-refractivity contribution in [2.45, 2.75) is 11.8 Å². The number of halogens is 1. The number of rotatable bonds is 6. The van der Waals surface area contributed by atoms with E-state index in [0.717, 1.165) is 26.6 Å². The maximum absolute atomic E-state index is 11.0. The van der Waals surface area contributed by atoms with E-state index in [1.54, 1.807) is 23.9 Å². The molecule has 2 nitrogen and oxygen atoms in total. The van der Waals surface area contributed by atoms with Crippen molar-refractivity contribution in [3.63, 3.8) is 0 Å². The second kappa shape index (κ2) is 7.25. The lowest BCUT2D eigenvalue weighted by molar-refractivity contribution is 0.0693. The Morgan fingerprint density at radius 2 is 2.19 bits per heavy atom. The number of hydrogen-bond donors (Lipinski definition) is 1. The van der Waals surface area contributed by atoms with Gasteiger partial charge in [-0.2, -0.15) is 11.8 Å². The maximum Gasteiger partial charge on any atom is 0.336 e. The first kappa shape index (κ1) is 13.9. The van der Waals surface area contributed by atoms with Crippen molar-refractivity contribution in [2.24, 2.45) is 0 Å². The SMILES string of the molecule is CCSCCSc1cc(Br)ccc1C(=O)O. The largest absolute Gasteiger partial charge is 0.478 e. The number of carbonyl (C=O) groups is 1. The fourth-order valence-corrected chi connectivity index (χ4v) is 3.49. The fourth-order valence-electron chi connectivity index (χ4n) is 1.15. The van der Waals surface area contributed by atoms with Crippen molar-refractivity contribution < 1.29 is 9.90 Å². The molecule has 0 spiro atoms. The third-order valence-corrected chi connectivity index (χ3v) is 4.57. The normalized spacial score (nSPS) is 10.4. The van der Waals surface area contributed by atoms with Crippen molar-refractivity contribution >= 4 is 45.4 Å². The van der Waals surface area contributed by atoms with Gasteiger partial charge in [0, 0.05) is 20.9 Å². The van der Waals surface area contributed by atoms with E-state index in [2.05, 4.69) is 22.9 Å². The van der Waals surface area contributed by atoms with Crippen LogP contribution in [0.25, 0.3) is 0 Å². The molecule has 0 fully saturated rings. The van der Waals surface area contributed by atoms with Gasteiger partial charge in [-0.25, -0.2) is 4.79 Å². The second-order valence-electron chi connectivity index (χ2n) is 2.99. The molecular formula is C11H13BrO2S2. The zero-order chi connectivity index (χ0) is 12.0. The van der Waals surface area contributed by atoms with Crippen LogP contribution < -0.4 is 0 Å². The van der Waals surface area contributed by atoms with Crippen molar-refractivity contribution in [3.05, 3.63) is 28.2 Å². The van der Waals surface area contributed by atoms with Crippen molar-refractivity contribution in [2.75, 3.05) is 17.3 Å². The third-order valence-electron chi connectivity index (χ3n) is 1.86. The predicted octanol–water partition coefficient (Wildman–Crippen LogP) is 3.99. The van der Waals surface area contributed by atoms with Crippen LogP contribution in [0.5, 0.6) is 0 Å². The van der Waals surface area contributed by atoms with Gasteiger partial charge in [0.2, 0.25) is 0 Å². The van der Waals surface area contributed by atoms with Crippen LogP contribution in [0.4, 0.5) is 0 Å². The molecule has 1 aromatic carbocycles. The molecule has 0 saturated carbocycles. The molecule has 0 aromatic heterocycles. The van der Waals surface area contributed by atoms with Crippen LogP contribution in [-0.4, -0.2) is 28.3 Å². The molecule has 1 rings (SSSR count). The Kier molecular flexibility index (Phi) is 6.31. The molecule has 0 atom stereocenters. The van der Waals surface area contributed by atoms with Gasteiger partial charge >= 0.3 is 5.97 Å². The summed E-state index contributed by atoms with van der Waals surface area (Å²) in [5.74, 6) is 2.23. The lowest BCUT2D eigenvalue weighted by atomic mass is 10.2. The van der Waals surface area contributed by atoms with Gasteiger partial charge in [0.15, 0.2) is 0 Å². The van der Waals surface area contributed by atoms with Crippen LogP contribution in [0.2, 0.25) is 0 Å². The van der Waals surface area contributed by atoms with Crippen LogP contribution in [-0.2, 0) is 0 Å². The summed E-state index contributed by atoms with van der Waals surface area (Å²) >= 11 is 6.82. The zero-order valence-corrected chi connectivity index (χ0v) is 12.1. The molecule has 0 aliphatic rings. The van der Waals surface area contributed by atoms with E-state index >= 15 is 0 Å². The van der Waals surface area contributed by atoms with Crippen LogP contribution >= 0.6 is 39.5 Å². The fraction of sp³-hybridized carbons (Fsp3) is 0.364. The summed E-state index contributed by atoms with van der Waals surface area (Å²) in [7, 11) is 0. The van der Waals surface area contributed by atoms with Gasteiger partial charge in [0.25, 0.3) is 0 Å². The Morgan fingerprint density at radius 1 is 1.44 bits per heavy atom. The van der Waals surface area contributed by atoms with Gasteiger partial charge in [-0.15, -0.1) is 11.8 Å². The van der Waals surface area contributed by atoms with Crippen LogP contribution in [0.1, 0.15) is 17.3 Å². The van der Waals surface area contributed by atoms with E-state index in [1.807, 2.05) is 17.8 Å². The molecule has 1 N–H and O–H groups in total. The molecule has 0 saturated heterocycles. The van der Waals surface area contributed by atoms with E-state index in [9.17, 15) is 4.79 Å². The van der Waals surface area contributed by atoms with Crippen molar-refractivity contribution in [3.8, 4) is 0 Å². The molecule has 0 aliphatic heterocycles. The summed E-state index contributed by atoms with van der Waals surface area (Å²) in [5, 5.41) is 9.03. The minimum absolute atomic E-state index is 0.384. The summed E-state index contributed by atoms with van der Waals surface area (Å²) < 4.78 is 0.920. The van der Waals surface area contributed by atoms with E-state index < -0.39 is 5.97 Å². The standard InChI is InChI=1S/C11H13BrO2S2/c1-2-15-5-6-16-10-7-8(12)3-4-9(10)11(13)14/h3-4,7H,2,5-6H2,1H3,(H,13,14). The zero-order valence-electron chi connectivity index (χ0n) is 8.90. The molecule has 0 aliphatic carbocycles. The summed E-state index contributed by atoms with van der Waals surface area (Å²) in [6, 6.07) is 5.26. The highest BCUT2D eigenvalue weighted by Gasteiger charge is 2.10. The highest BCUT2D eigenvalue weighted by Crippen LogP contribution is 2.27. The summed E-state index contributed by atoms with van der Waals surface area (Å²) in [6.45, 7) is 2.12. The minimum Gasteiger partial charge on any atom is -0.478 e. The molecule has 5 heteroatoms. The summed E-state index contributed by atoms with van der Waals surface area (Å²) in [5.41, 5.74) is 0.384. The Labute approximate surface area is 112 Å². The molecule has 0 radical (unpaired) electrons. The first-order valence-electron chi connectivity index (χ1n) is 4.88. The molecule has 0 bridgehead atoms. The summed E-state index contributed by atoms with van der Waals surface area (Å²) in [6.07, 6.45) is 0. The molecule has 88 valence electrons. The average molecular weight is 321 g/mol. The molecule has 0 amide bonds. The van der Waals surface area contributed by atoms with Crippen molar-refractivity contribution in [1.29, 1.82) is 0 Å². The highest BCUT2D eigenvalue weighted by molar-refractivity contribution is 9.10. The number of carboxylic acids is 1. The van der Waals surface area contributed by atoms with Gasteiger partial charge in [0.05, 0.1) is 5.56 Å².